The van der Waals surface area contributed by atoms with Crippen molar-refractivity contribution in [2.24, 2.45) is 0 Å². The Kier molecular flexibility index (Phi) is 4.17. The predicted molar refractivity (Wildman–Crippen MR) is 54.0 cm³/mol. The summed E-state index contributed by atoms with van der Waals surface area (Å²) in [5.74, 6) is -5.00. The molecular formula is C8H4ClF4NO3S. The Labute approximate surface area is 103 Å². The number of benzene rings is 1. The molecule has 0 saturated heterocycles. The highest BCUT2D eigenvalue weighted by Gasteiger charge is 2.22. The summed E-state index contributed by atoms with van der Waals surface area (Å²) in [7, 11) is 0.465. The summed E-state index contributed by atoms with van der Waals surface area (Å²) < 4.78 is 71.8. The van der Waals surface area contributed by atoms with Crippen molar-refractivity contribution in [1.29, 1.82) is 0 Å². The molecule has 0 radical (unpaired) electrons. The van der Waals surface area contributed by atoms with Crippen LogP contribution in [-0.2, 0) is 13.8 Å². The molecule has 18 heavy (non-hydrogen) atoms. The fraction of sp³-hybridized carbons (Fsp3) is 0.125. The van der Waals surface area contributed by atoms with Crippen LogP contribution in [0.1, 0.15) is 0 Å². The summed E-state index contributed by atoms with van der Waals surface area (Å²) in [4.78, 5) is 9.67. The number of amides is 1. The van der Waals surface area contributed by atoms with E-state index < -0.39 is 43.6 Å². The van der Waals surface area contributed by atoms with Crippen molar-refractivity contribution < 1.29 is 30.8 Å². The van der Waals surface area contributed by atoms with Gasteiger partial charge in [-0.1, -0.05) is 0 Å². The Balaban J connectivity index is 3.22. The van der Waals surface area contributed by atoms with Crippen molar-refractivity contribution in [1.82, 2.24) is 0 Å². The number of alkyl halides is 2. The molecule has 0 bridgehead atoms. The van der Waals surface area contributed by atoms with Gasteiger partial charge in [-0.25, -0.2) is 17.2 Å². The highest BCUT2D eigenvalue weighted by molar-refractivity contribution is 8.13. The van der Waals surface area contributed by atoms with Gasteiger partial charge < -0.3 is 5.32 Å². The second-order valence-electron chi connectivity index (χ2n) is 2.99. The minimum absolute atomic E-state index is 0.298. The number of hydrogen-bond donors (Lipinski definition) is 1. The van der Waals surface area contributed by atoms with Crippen molar-refractivity contribution in [3.8, 4) is 0 Å². The molecule has 4 nitrogen and oxygen atoms in total. The van der Waals surface area contributed by atoms with Crippen molar-refractivity contribution in [3.05, 3.63) is 23.8 Å². The van der Waals surface area contributed by atoms with Crippen LogP contribution in [0.5, 0.6) is 0 Å². The van der Waals surface area contributed by atoms with Crippen LogP contribution < -0.4 is 5.32 Å². The van der Waals surface area contributed by atoms with Crippen LogP contribution in [0.15, 0.2) is 17.0 Å². The van der Waals surface area contributed by atoms with Crippen LogP contribution in [0.4, 0.5) is 23.2 Å². The standard InChI is InChI=1S/C8H4ClF4NO3S/c9-18(16,17)3-1-4(10)6(5(11)2-3)14-8(15)7(12)13/h1-2,7H,(H,14,15). The average molecular weight is 306 g/mol. The Morgan fingerprint density at radius 3 is 2.00 bits per heavy atom. The van der Waals surface area contributed by atoms with Crippen LogP contribution >= 0.6 is 10.7 Å². The van der Waals surface area contributed by atoms with Crippen LogP contribution in [0.3, 0.4) is 0 Å². The van der Waals surface area contributed by atoms with E-state index in [0.29, 0.717) is 12.1 Å². The van der Waals surface area contributed by atoms with Crippen LogP contribution in [-0.4, -0.2) is 20.8 Å². The summed E-state index contributed by atoms with van der Waals surface area (Å²) in [6.07, 6.45) is -3.47. The van der Waals surface area contributed by atoms with Gasteiger partial charge in [0, 0.05) is 10.7 Å². The molecule has 10 heteroatoms. The number of hydrogen-bond acceptors (Lipinski definition) is 3. The van der Waals surface area contributed by atoms with E-state index in [1.165, 1.54) is 5.32 Å². The van der Waals surface area contributed by atoms with Crippen LogP contribution in [0.2, 0.25) is 0 Å². The highest BCUT2D eigenvalue weighted by Crippen LogP contribution is 2.25. The predicted octanol–water partition coefficient (Wildman–Crippen LogP) is 2.10. The quantitative estimate of drug-likeness (QED) is 0.687. The minimum atomic E-state index is -4.38. The summed E-state index contributed by atoms with van der Waals surface area (Å²) in [5.41, 5.74) is -1.18. The van der Waals surface area contributed by atoms with Crippen molar-refractivity contribution in [2.45, 2.75) is 11.3 Å². The van der Waals surface area contributed by atoms with E-state index in [1.807, 2.05) is 0 Å². The zero-order valence-corrected chi connectivity index (χ0v) is 9.83. The maximum Gasteiger partial charge on any atom is 0.315 e. The molecule has 0 saturated carbocycles. The molecule has 0 fully saturated rings. The molecule has 1 aromatic carbocycles. The highest BCUT2D eigenvalue weighted by atomic mass is 35.7. The summed E-state index contributed by atoms with van der Waals surface area (Å²) in [6, 6.07) is 0.596. The molecule has 1 rings (SSSR count). The lowest BCUT2D eigenvalue weighted by atomic mass is 10.3. The molecule has 0 aliphatic heterocycles. The summed E-state index contributed by atoms with van der Waals surface area (Å²) >= 11 is 0. The number of nitrogens with one attached hydrogen (secondary N) is 1. The van der Waals surface area contributed by atoms with Gasteiger partial charge in [-0.2, -0.15) is 8.78 Å². The van der Waals surface area contributed by atoms with Gasteiger partial charge in [0.05, 0.1) is 4.90 Å². The molecule has 1 aromatic rings. The van der Waals surface area contributed by atoms with E-state index in [4.69, 9.17) is 10.7 Å². The molecule has 0 aliphatic rings. The molecule has 0 heterocycles. The zero-order chi connectivity index (χ0) is 14.1. The molecule has 0 aromatic heterocycles. The molecule has 100 valence electrons. The Hall–Kier alpha value is -1.35. The van der Waals surface area contributed by atoms with Gasteiger partial charge in [0.1, 0.15) is 5.69 Å². The van der Waals surface area contributed by atoms with Crippen LogP contribution in [0.25, 0.3) is 0 Å². The van der Waals surface area contributed by atoms with Gasteiger partial charge >= 0.3 is 6.43 Å². The molecule has 0 unspecified atom stereocenters. The lowest BCUT2D eigenvalue weighted by Crippen LogP contribution is -2.21. The maximum absolute atomic E-state index is 13.2. The first-order valence-electron chi connectivity index (χ1n) is 4.15. The van der Waals surface area contributed by atoms with Crippen molar-refractivity contribution in [3.63, 3.8) is 0 Å². The van der Waals surface area contributed by atoms with Gasteiger partial charge in [-0.05, 0) is 12.1 Å². The van der Waals surface area contributed by atoms with Crippen LogP contribution in [0, 0.1) is 11.6 Å². The lowest BCUT2D eigenvalue weighted by Gasteiger charge is -2.08. The summed E-state index contributed by atoms with van der Waals surface area (Å²) in [6.45, 7) is 0. The first-order valence-corrected chi connectivity index (χ1v) is 6.46. The third kappa shape index (κ3) is 3.33. The van der Waals surface area contributed by atoms with Gasteiger partial charge in [-0.15, -0.1) is 0 Å². The average Bonchev–Trinajstić information content (AvgIpc) is 2.21. The molecule has 0 aliphatic carbocycles. The van der Waals surface area contributed by atoms with Gasteiger partial charge in [0.25, 0.3) is 15.0 Å². The van der Waals surface area contributed by atoms with E-state index in [2.05, 4.69) is 0 Å². The first-order chi connectivity index (χ1) is 8.12. The van der Waals surface area contributed by atoms with Gasteiger partial charge in [-0.3, -0.25) is 4.79 Å². The Bertz CT molecular complexity index is 567. The number of carbonyl (C=O) groups excluding carboxylic acids is 1. The largest absolute Gasteiger partial charge is 0.316 e. The van der Waals surface area contributed by atoms with E-state index in [0.717, 1.165) is 0 Å². The van der Waals surface area contributed by atoms with Crippen molar-refractivity contribution >= 4 is 31.3 Å². The number of carbonyl (C=O) groups is 1. The summed E-state index contributed by atoms with van der Waals surface area (Å²) in [5, 5.41) is 1.28. The Morgan fingerprint density at radius 1 is 1.22 bits per heavy atom. The lowest BCUT2D eigenvalue weighted by molar-refractivity contribution is -0.126. The zero-order valence-electron chi connectivity index (χ0n) is 8.25. The number of rotatable bonds is 3. The maximum atomic E-state index is 13.2. The molecule has 0 atom stereocenters. The third-order valence-electron chi connectivity index (χ3n) is 1.74. The fourth-order valence-electron chi connectivity index (χ4n) is 0.988. The molecule has 1 N–H and O–H groups in total. The monoisotopic (exact) mass is 305 g/mol. The van der Waals surface area contributed by atoms with E-state index in [1.54, 1.807) is 0 Å². The normalized spacial score (nSPS) is 11.7. The van der Waals surface area contributed by atoms with E-state index in [9.17, 15) is 30.8 Å². The second kappa shape index (κ2) is 5.11. The second-order valence-corrected chi connectivity index (χ2v) is 5.56. The minimum Gasteiger partial charge on any atom is -0.316 e. The molecule has 1 amide bonds. The first kappa shape index (κ1) is 14.7. The molecule has 0 spiro atoms. The smallest absolute Gasteiger partial charge is 0.315 e. The third-order valence-corrected chi connectivity index (χ3v) is 3.08. The topological polar surface area (TPSA) is 63.2 Å². The van der Waals surface area contributed by atoms with Gasteiger partial charge in [0.2, 0.25) is 0 Å². The van der Waals surface area contributed by atoms with Crippen molar-refractivity contribution in [2.75, 3.05) is 5.32 Å². The van der Waals surface area contributed by atoms with Gasteiger partial charge in [0.15, 0.2) is 11.6 Å². The van der Waals surface area contributed by atoms with E-state index in [-0.39, 0.29) is 0 Å². The SMILES string of the molecule is O=C(Nc1c(F)cc(S(=O)(=O)Cl)cc1F)C(F)F. The van der Waals surface area contributed by atoms with E-state index >= 15 is 0 Å². The molecular weight excluding hydrogens is 302 g/mol. The number of anilines is 1. The fourth-order valence-corrected chi connectivity index (χ4v) is 1.74. The Morgan fingerprint density at radius 2 is 1.67 bits per heavy atom. The number of halogens is 5.